The van der Waals surface area contributed by atoms with Crippen molar-refractivity contribution in [3.8, 4) is 11.5 Å². The van der Waals surface area contributed by atoms with Gasteiger partial charge in [0.25, 0.3) is 0 Å². The molecule has 28 heavy (non-hydrogen) atoms. The second-order valence-corrected chi connectivity index (χ2v) is 8.96. The first-order valence-corrected chi connectivity index (χ1v) is 11.7. The van der Waals surface area contributed by atoms with Gasteiger partial charge in [-0.15, -0.1) is 11.8 Å². The van der Waals surface area contributed by atoms with Gasteiger partial charge in [0.1, 0.15) is 19.3 Å². The Morgan fingerprint density at radius 3 is 2.50 bits per heavy atom. The molecule has 0 spiro atoms. The minimum atomic E-state index is -3.73. The summed E-state index contributed by atoms with van der Waals surface area (Å²) in [6, 6.07) is 11.2. The first-order valence-electron chi connectivity index (χ1n) is 8.64. The maximum absolute atomic E-state index is 12.8. The van der Waals surface area contributed by atoms with Crippen LogP contribution >= 0.6 is 11.8 Å². The maximum atomic E-state index is 12.8. The summed E-state index contributed by atoms with van der Waals surface area (Å²) < 4.78 is 37.1. The van der Waals surface area contributed by atoms with Gasteiger partial charge in [-0.05, 0) is 37.4 Å². The number of carbonyl (C=O) groups excluding carboxylic acids is 1. The number of ether oxygens (including phenoxy) is 2. The monoisotopic (exact) mass is 422 g/mol. The molecule has 1 heterocycles. The van der Waals surface area contributed by atoms with Crippen LogP contribution in [0.2, 0.25) is 0 Å². The minimum absolute atomic E-state index is 0.340. The van der Waals surface area contributed by atoms with Crippen molar-refractivity contribution >= 4 is 39.1 Å². The fourth-order valence-corrected chi connectivity index (χ4v) is 4.68. The van der Waals surface area contributed by atoms with E-state index in [1.165, 1.54) is 11.8 Å². The van der Waals surface area contributed by atoms with Gasteiger partial charge in [-0.3, -0.25) is 9.10 Å². The Morgan fingerprint density at radius 2 is 1.82 bits per heavy atom. The van der Waals surface area contributed by atoms with Gasteiger partial charge >= 0.3 is 0 Å². The molecule has 0 radical (unpaired) electrons. The van der Waals surface area contributed by atoms with Crippen molar-refractivity contribution < 1.29 is 22.7 Å². The van der Waals surface area contributed by atoms with Crippen molar-refractivity contribution in [3.63, 3.8) is 0 Å². The Bertz CT molecular complexity index is 978. The van der Waals surface area contributed by atoms with E-state index >= 15 is 0 Å². The van der Waals surface area contributed by atoms with Gasteiger partial charge in [0.05, 0.1) is 17.6 Å². The van der Waals surface area contributed by atoms with E-state index in [9.17, 15) is 13.2 Å². The Hall–Kier alpha value is -2.39. The molecule has 1 amide bonds. The molecule has 1 aliphatic heterocycles. The van der Waals surface area contributed by atoms with E-state index in [-0.39, 0.29) is 0 Å². The molecule has 0 bridgehead atoms. The lowest BCUT2D eigenvalue weighted by Gasteiger charge is -2.29. The van der Waals surface area contributed by atoms with Gasteiger partial charge in [-0.25, -0.2) is 8.42 Å². The molecule has 1 aliphatic rings. The van der Waals surface area contributed by atoms with Crippen LogP contribution in [0.3, 0.4) is 0 Å². The highest BCUT2D eigenvalue weighted by Crippen LogP contribution is 2.35. The Balaban J connectivity index is 1.90. The van der Waals surface area contributed by atoms with E-state index in [1.807, 2.05) is 24.5 Å². The number of nitrogens with zero attached hydrogens (tertiary/aromatic N) is 1. The predicted molar refractivity (Wildman–Crippen MR) is 111 cm³/mol. The van der Waals surface area contributed by atoms with Crippen LogP contribution in [-0.2, 0) is 14.8 Å². The molecule has 0 aliphatic carbocycles. The van der Waals surface area contributed by atoms with E-state index in [0.29, 0.717) is 36.1 Å². The quantitative estimate of drug-likeness (QED) is 0.721. The standard InChI is InChI=1S/C19H22N2O5S2/c1-13(19(22)20-15-6-4-5-7-18(15)27-2)21(28(3,23)24)14-8-9-16-17(12-14)26-11-10-25-16/h4-9,12-13H,10-11H2,1-3H3,(H,20,22). The van der Waals surface area contributed by atoms with Crippen molar-refractivity contribution in [2.45, 2.75) is 17.9 Å². The molecule has 3 rings (SSSR count). The molecule has 150 valence electrons. The highest BCUT2D eigenvalue weighted by Gasteiger charge is 2.30. The van der Waals surface area contributed by atoms with Crippen LogP contribution in [0.1, 0.15) is 6.92 Å². The highest BCUT2D eigenvalue weighted by atomic mass is 32.2. The van der Waals surface area contributed by atoms with Crippen LogP contribution in [0.4, 0.5) is 11.4 Å². The molecule has 0 aromatic heterocycles. The largest absolute Gasteiger partial charge is 0.486 e. The second-order valence-electron chi connectivity index (χ2n) is 6.25. The van der Waals surface area contributed by atoms with Gasteiger partial charge in [-0.2, -0.15) is 0 Å². The number of hydrogen-bond acceptors (Lipinski definition) is 6. The molecule has 2 aromatic carbocycles. The summed E-state index contributed by atoms with van der Waals surface area (Å²) in [4.78, 5) is 13.7. The number of thioether (sulfide) groups is 1. The van der Waals surface area contributed by atoms with Crippen LogP contribution in [0.5, 0.6) is 11.5 Å². The third-order valence-corrected chi connectivity index (χ3v) is 6.27. The molecule has 2 aromatic rings. The van der Waals surface area contributed by atoms with Crippen molar-refractivity contribution in [2.75, 3.05) is 35.3 Å². The van der Waals surface area contributed by atoms with Crippen LogP contribution in [-0.4, -0.2) is 46.1 Å². The van der Waals surface area contributed by atoms with Crippen molar-refractivity contribution in [2.24, 2.45) is 0 Å². The lowest BCUT2D eigenvalue weighted by atomic mass is 10.2. The number of hydrogen-bond donors (Lipinski definition) is 1. The summed E-state index contributed by atoms with van der Waals surface area (Å²) in [5.41, 5.74) is 0.982. The summed E-state index contributed by atoms with van der Waals surface area (Å²) in [5, 5.41) is 2.82. The topological polar surface area (TPSA) is 84.9 Å². The molecule has 0 saturated heterocycles. The van der Waals surface area contributed by atoms with Gasteiger partial charge in [0.15, 0.2) is 11.5 Å². The number of amides is 1. The summed E-state index contributed by atoms with van der Waals surface area (Å²) in [5.74, 6) is 0.578. The van der Waals surface area contributed by atoms with Crippen LogP contribution in [0.25, 0.3) is 0 Å². The molecule has 1 unspecified atom stereocenters. The molecular formula is C19H22N2O5S2. The third kappa shape index (κ3) is 4.36. The predicted octanol–water partition coefficient (Wildman–Crippen LogP) is 2.97. The molecule has 1 N–H and O–H groups in total. The summed E-state index contributed by atoms with van der Waals surface area (Å²) in [7, 11) is -3.73. The van der Waals surface area contributed by atoms with Crippen molar-refractivity contribution in [1.29, 1.82) is 0 Å². The zero-order valence-corrected chi connectivity index (χ0v) is 17.5. The SMILES string of the molecule is CSc1ccccc1NC(=O)C(C)N(c1ccc2c(c1)OCCO2)S(C)(=O)=O. The number of para-hydroxylation sites is 1. The van der Waals surface area contributed by atoms with Gasteiger partial charge in [0, 0.05) is 11.0 Å². The highest BCUT2D eigenvalue weighted by molar-refractivity contribution is 7.98. The Kier molecular flexibility index (Phi) is 6.04. The molecular weight excluding hydrogens is 400 g/mol. The zero-order valence-electron chi connectivity index (χ0n) is 15.8. The maximum Gasteiger partial charge on any atom is 0.248 e. The average Bonchev–Trinajstić information content (AvgIpc) is 2.67. The summed E-state index contributed by atoms with van der Waals surface area (Å²) in [6.45, 7) is 2.38. The van der Waals surface area contributed by atoms with Gasteiger partial charge in [0.2, 0.25) is 15.9 Å². The first-order chi connectivity index (χ1) is 13.3. The molecule has 7 nitrogen and oxygen atoms in total. The van der Waals surface area contributed by atoms with E-state index < -0.39 is 22.0 Å². The lowest BCUT2D eigenvalue weighted by Crippen LogP contribution is -2.45. The van der Waals surface area contributed by atoms with Gasteiger partial charge < -0.3 is 14.8 Å². The number of carbonyl (C=O) groups is 1. The average molecular weight is 423 g/mol. The Morgan fingerprint density at radius 1 is 1.14 bits per heavy atom. The molecule has 0 saturated carbocycles. The normalized spacial score (nSPS) is 14.2. The number of rotatable bonds is 6. The lowest BCUT2D eigenvalue weighted by molar-refractivity contribution is -0.116. The fraction of sp³-hybridized carbons (Fsp3) is 0.316. The van der Waals surface area contributed by atoms with E-state index in [0.717, 1.165) is 15.5 Å². The number of benzene rings is 2. The smallest absolute Gasteiger partial charge is 0.248 e. The molecule has 9 heteroatoms. The number of nitrogens with one attached hydrogen (secondary N) is 1. The van der Waals surface area contributed by atoms with Crippen molar-refractivity contribution in [3.05, 3.63) is 42.5 Å². The van der Waals surface area contributed by atoms with Crippen LogP contribution in [0, 0.1) is 0 Å². The minimum Gasteiger partial charge on any atom is -0.486 e. The van der Waals surface area contributed by atoms with E-state index in [4.69, 9.17) is 9.47 Å². The molecule has 0 fully saturated rings. The number of anilines is 2. The third-order valence-electron chi connectivity index (χ3n) is 4.23. The number of fused-ring (bicyclic) bond motifs is 1. The Labute approximate surface area is 169 Å². The summed E-state index contributed by atoms with van der Waals surface area (Å²) in [6.07, 6.45) is 2.98. The first kappa shape index (κ1) is 20.3. The van der Waals surface area contributed by atoms with Crippen LogP contribution in [0.15, 0.2) is 47.4 Å². The van der Waals surface area contributed by atoms with E-state index in [2.05, 4.69) is 5.32 Å². The van der Waals surface area contributed by atoms with Gasteiger partial charge in [-0.1, -0.05) is 12.1 Å². The fourth-order valence-electron chi connectivity index (χ4n) is 2.96. The summed E-state index contributed by atoms with van der Waals surface area (Å²) >= 11 is 1.50. The zero-order chi connectivity index (χ0) is 20.3. The number of sulfonamides is 1. The second kappa shape index (κ2) is 8.32. The van der Waals surface area contributed by atoms with E-state index in [1.54, 1.807) is 31.2 Å². The molecule has 1 atom stereocenters. The van der Waals surface area contributed by atoms with Crippen LogP contribution < -0.4 is 19.1 Å². The van der Waals surface area contributed by atoms with Crippen molar-refractivity contribution in [1.82, 2.24) is 0 Å².